The predicted octanol–water partition coefficient (Wildman–Crippen LogP) is -1.53. The highest BCUT2D eigenvalue weighted by atomic mass is 16.4. The molecule has 0 bridgehead atoms. The van der Waals surface area contributed by atoms with E-state index in [1.54, 1.807) is 26.0 Å². The van der Waals surface area contributed by atoms with Crippen LogP contribution in [0, 0.1) is 5.92 Å². The van der Waals surface area contributed by atoms with Crippen LogP contribution in [0.25, 0.3) is 0 Å². The maximum atomic E-state index is 12.9. The molecule has 1 rings (SSSR count). The zero-order chi connectivity index (χ0) is 23.7. The first-order chi connectivity index (χ1) is 14.5. The number of carbonyl (C=O) groups is 4. The first kappa shape index (κ1) is 25.9. The van der Waals surface area contributed by atoms with E-state index < -0.39 is 60.4 Å². The van der Waals surface area contributed by atoms with Gasteiger partial charge in [0.2, 0.25) is 17.7 Å². The number of hydrogen-bond donors (Lipinski definition) is 7. The summed E-state index contributed by atoms with van der Waals surface area (Å²) in [4.78, 5) is 48.6. The Hall–Kier alpha value is -3.18. The molecule has 4 unspecified atom stereocenters. The fraction of sp³-hybridized carbons (Fsp3) is 0.500. The second-order valence-electron chi connectivity index (χ2n) is 7.53. The Kier molecular flexibility index (Phi) is 9.90. The summed E-state index contributed by atoms with van der Waals surface area (Å²) in [6, 6.07) is 1.45. The van der Waals surface area contributed by atoms with Gasteiger partial charge in [0.05, 0.1) is 12.6 Å². The van der Waals surface area contributed by atoms with Crippen molar-refractivity contribution in [3.8, 4) is 5.75 Å². The van der Waals surface area contributed by atoms with E-state index >= 15 is 0 Å². The van der Waals surface area contributed by atoms with Crippen LogP contribution in [0.5, 0.6) is 5.75 Å². The van der Waals surface area contributed by atoms with Crippen LogP contribution >= 0.6 is 0 Å². The van der Waals surface area contributed by atoms with Gasteiger partial charge in [0.25, 0.3) is 0 Å². The lowest BCUT2D eigenvalue weighted by Gasteiger charge is -2.26. The molecule has 172 valence electrons. The SMILES string of the molecule is CC(N)C(=O)NC(Cc1ccc(O)cc1)C(=O)NC(C(=O)NC(CO)C(=O)O)C(C)C. The normalized spacial score (nSPS) is 14.8. The molecular formula is C20H30N4O7. The molecule has 8 N–H and O–H groups in total. The van der Waals surface area contributed by atoms with E-state index in [1.807, 2.05) is 0 Å². The molecule has 1 aromatic carbocycles. The Morgan fingerprint density at radius 1 is 0.903 bits per heavy atom. The van der Waals surface area contributed by atoms with Crippen molar-refractivity contribution >= 4 is 23.7 Å². The second-order valence-corrected chi connectivity index (χ2v) is 7.53. The smallest absolute Gasteiger partial charge is 0.328 e. The maximum Gasteiger partial charge on any atom is 0.328 e. The molecule has 0 saturated carbocycles. The summed E-state index contributed by atoms with van der Waals surface area (Å²) >= 11 is 0. The van der Waals surface area contributed by atoms with Gasteiger partial charge in [-0.25, -0.2) is 4.79 Å². The molecule has 0 radical (unpaired) electrons. The van der Waals surface area contributed by atoms with Gasteiger partial charge in [-0.3, -0.25) is 14.4 Å². The van der Waals surface area contributed by atoms with Crippen LogP contribution in [0.2, 0.25) is 0 Å². The second kappa shape index (κ2) is 11.9. The lowest BCUT2D eigenvalue weighted by Crippen LogP contribution is -2.59. The van der Waals surface area contributed by atoms with Crippen LogP contribution in [0.3, 0.4) is 0 Å². The van der Waals surface area contributed by atoms with Gasteiger partial charge >= 0.3 is 5.97 Å². The van der Waals surface area contributed by atoms with Gasteiger partial charge in [0, 0.05) is 6.42 Å². The third kappa shape index (κ3) is 8.22. The number of nitrogens with one attached hydrogen (secondary N) is 3. The molecule has 11 heteroatoms. The number of phenolic OH excluding ortho intramolecular Hbond substituents is 1. The van der Waals surface area contributed by atoms with Gasteiger partial charge in [0.1, 0.15) is 23.9 Å². The number of hydrogen-bond acceptors (Lipinski definition) is 7. The van der Waals surface area contributed by atoms with Crippen molar-refractivity contribution in [1.82, 2.24) is 16.0 Å². The summed E-state index contributed by atoms with van der Waals surface area (Å²) in [5.74, 6) is -3.83. The number of benzene rings is 1. The highest BCUT2D eigenvalue weighted by molar-refractivity contribution is 5.94. The van der Waals surface area contributed by atoms with Crippen LogP contribution in [0.4, 0.5) is 0 Å². The Bertz CT molecular complexity index is 780. The average molecular weight is 438 g/mol. The topological polar surface area (TPSA) is 191 Å². The predicted molar refractivity (Wildman–Crippen MR) is 111 cm³/mol. The zero-order valence-corrected chi connectivity index (χ0v) is 17.7. The van der Waals surface area contributed by atoms with Gasteiger partial charge in [-0.05, 0) is 30.5 Å². The Labute approximate surface area is 180 Å². The van der Waals surface area contributed by atoms with Crippen molar-refractivity contribution in [2.75, 3.05) is 6.61 Å². The quantitative estimate of drug-likeness (QED) is 0.216. The van der Waals surface area contributed by atoms with Crippen molar-refractivity contribution in [3.63, 3.8) is 0 Å². The van der Waals surface area contributed by atoms with Crippen molar-refractivity contribution < 1.29 is 34.5 Å². The largest absolute Gasteiger partial charge is 0.508 e. The summed E-state index contributed by atoms with van der Waals surface area (Å²) in [5, 5.41) is 34.8. The van der Waals surface area contributed by atoms with E-state index in [0.717, 1.165) is 0 Å². The highest BCUT2D eigenvalue weighted by Crippen LogP contribution is 2.12. The van der Waals surface area contributed by atoms with E-state index in [4.69, 9.17) is 15.9 Å². The molecule has 0 fully saturated rings. The van der Waals surface area contributed by atoms with Crippen molar-refractivity contribution in [2.24, 2.45) is 11.7 Å². The van der Waals surface area contributed by atoms with Crippen LogP contribution in [0.15, 0.2) is 24.3 Å². The van der Waals surface area contributed by atoms with Crippen LogP contribution in [-0.2, 0) is 25.6 Å². The van der Waals surface area contributed by atoms with E-state index in [-0.39, 0.29) is 12.2 Å². The van der Waals surface area contributed by atoms with Gasteiger partial charge in [-0.2, -0.15) is 0 Å². The molecule has 11 nitrogen and oxygen atoms in total. The summed E-state index contributed by atoms with van der Waals surface area (Å²) in [5.41, 5.74) is 6.21. The van der Waals surface area contributed by atoms with Crippen LogP contribution < -0.4 is 21.7 Å². The number of aliphatic carboxylic acids is 1. The zero-order valence-electron chi connectivity index (χ0n) is 17.7. The minimum absolute atomic E-state index is 0.0396. The molecule has 0 aliphatic heterocycles. The van der Waals surface area contributed by atoms with Gasteiger partial charge in [-0.15, -0.1) is 0 Å². The van der Waals surface area contributed by atoms with Crippen LogP contribution in [0.1, 0.15) is 26.3 Å². The monoisotopic (exact) mass is 438 g/mol. The molecular weight excluding hydrogens is 408 g/mol. The average Bonchev–Trinajstić information content (AvgIpc) is 2.70. The number of carboxylic acid groups (broad SMARTS) is 1. The molecule has 3 amide bonds. The Morgan fingerprint density at radius 3 is 1.90 bits per heavy atom. The van der Waals surface area contributed by atoms with Gasteiger partial charge < -0.3 is 37.0 Å². The Balaban J connectivity index is 3.03. The standard InChI is InChI=1S/C20H30N4O7/c1-10(2)16(19(29)23-15(9-25)20(30)31)24-18(28)14(22-17(27)11(3)21)8-12-4-6-13(26)7-5-12/h4-7,10-11,14-16,25-26H,8-9,21H2,1-3H3,(H,22,27)(H,23,29)(H,24,28)(H,30,31). The number of rotatable bonds is 11. The summed E-state index contributed by atoms with van der Waals surface area (Å²) in [7, 11) is 0. The van der Waals surface area contributed by atoms with Gasteiger partial charge in [0.15, 0.2) is 0 Å². The molecule has 4 atom stereocenters. The van der Waals surface area contributed by atoms with E-state index in [1.165, 1.54) is 19.1 Å². The number of aromatic hydroxyl groups is 1. The molecule has 0 aliphatic rings. The number of nitrogens with two attached hydrogens (primary N) is 1. The number of aliphatic hydroxyl groups excluding tert-OH is 1. The molecule has 0 aromatic heterocycles. The summed E-state index contributed by atoms with van der Waals surface area (Å²) < 4.78 is 0. The number of carbonyl (C=O) groups excluding carboxylic acids is 3. The highest BCUT2D eigenvalue weighted by Gasteiger charge is 2.31. The van der Waals surface area contributed by atoms with E-state index in [9.17, 15) is 24.3 Å². The Morgan fingerprint density at radius 2 is 1.45 bits per heavy atom. The number of amides is 3. The fourth-order valence-corrected chi connectivity index (χ4v) is 2.62. The number of carboxylic acids is 1. The first-order valence-electron chi connectivity index (χ1n) is 9.74. The minimum Gasteiger partial charge on any atom is -0.508 e. The molecule has 0 aliphatic carbocycles. The first-order valence-corrected chi connectivity index (χ1v) is 9.74. The van der Waals surface area contributed by atoms with Crippen molar-refractivity contribution in [2.45, 2.75) is 51.4 Å². The summed E-state index contributed by atoms with van der Waals surface area (Å²) in [6.45, 7) is 3.94. The molecule has 0 spiro atoms. The third-order valence-corrected chi connectivity index (χ3v) is 4.47. The number of aliphatic hydroxyl groups is 1. The molecule has 1 aromatic rings. The van der Waals surface area contributed by atoms with Crippen LogP contribution in [-0.4, -0.2) is 69.8 Å². The number of phenols is 1. The minimum atomic E-state index is -1.52. The van der Waals surface area contributed by atoms with E-state index in [2.05, 4.69) is 16.0 Å². The van der Waals surface area contributed by atoms with Crippen molar-refractivity contribution in [3.05, 3.63) is 29.8 Å². The van der Waals surface area contributed by atoms with Gasteiger partial charge in [-0.1, -0.05) is 26.0 Å². The lowest BCUT2D eigenvalue weighted by atomic mass is 10.0. The third-order valence-electron chi connectivity index (χ3n) is 4.47. The molecule has 31 heavy (non-hydrogen) atoms. The fourth-order valence-electron chi connectivity index (χ4n) is 2.62. The lowest BCUT2D eigenvalue weighted by molar-refractivity contribution is -0.143. The summed E-state index contributed by atoms with van der Waals surface area (Å²) in [6.07, 6.45) is 0.0609. The molecule has 0 saturated heterocycles. The van der Waals surface area contributed by atoms with Crippen molar-refractivity contribution in [1.29, 1.82) is 0 Å². The molecule has 0 heterocycles. The maximum absolute atomic E-state index is 12.9. The van der Waals surface area contributed by atoms with E-state index in [0.29, 0.717) is 5.56 Å².